The smallest absolute Gasteiger partial charge is 0.410 e. The average Bonchev–Trinajstić information content (AvgIpc) is 3.42. The monoisotopic (exact) mass is 458 g/mol. The van der Waals surface area contributed by atoms with E-state index in [0.717, 1.165) is 35.6 Å². The molecule has 1 saturated heterocycles. The maximum atomic E-state index is 12.6. The Bertz CT molecular complexity index is 1020. The Balaban J connectivity index is 1.36. The van der Waals surface area contributed by atoms with Gasteiger partial charge in [0.2, 0.25) is 0 Å². The van der Waals surface area contributed by atoms with Crippen LogP contribution in [0.2, 0.25) is 5.02 Å². The number of aromatic nitrogens is 3. The minimum Gasteiger partial charge on any atom is -0.444 e. The highest BCUT2D eigenvalue weighted by molar-refractivity contribution is 6.31. The summed E-state index contributed by atoms with van der Waals surface area (Å²) >= 11 is 6.18. The second kappa shape index (κ2) is 8.85. The van der Waals surface area contributed by atoms with Crippen molar-refractivity contribution in [2.45, 2.75) is 77.4 Å². The number of hydrogen-bond acceptors (Lipinski definition) is 5. The van der Waals surface area contributed by atoms with Crippen molar-refractivity contribution in [3.05, 3.63) is 46.0 Å². The lowest BCUT2D eigenvalue weighted by Crippen LogP contribution is -2.51. The maximum absolute atomic E-state index is 12.6. The number of hydrogen-bond donors (Lipinski definition) is 0. The highest BCUT2D eigenvalue weighted by Crippen LogP contribution is 2.40. The molecule has 2 aliphatic rings. The number of Topliss-reactive ketones (excluding diaryl/α,β-unsaturated/α-hetero) is 1. The van der Waals surface area contributed by atoms with Crippen molar-refractivity contribution in [3.8, 4) is 0 Å². The lowest BCUT2D eigenvalue weighted by atomic mass is 9.99. The van der Waals surface area contributed by atoms with Crippen molar-refractivity contribution in [1.82, 2.24) is 19.7 Å². The molecule has 0 bridgehead atoms. The molecule has 2 fully saturated rings. The first kappa shape index (κ1) is 22.8. The molecule has 172 valence electrons. The Hall–Kier alpha value is -2.41. The van der Waals surface area contributed by atoms with Gasteiger partial charge in [-0.05, 0) is 57.7 Å². The molecule has 8 heteroatoms. The van der Waals surface area contributed by atoms with Crippen molar-refractivity contribution >= 4 is 23.5 Å². The standard InChI is InChI=1S/C24H31ClN4O3/c1-15-16(6-5-7-20(15)25)12-19(30)10-11-21-26-27-22(29(21)18-8-9-18)17-13-28(14-17)23(31)32-24(2,3)4/h5-7,17-18H,8-14H2,1-4H3. The first-order valence-electron chi connectivity index (χ1n) is 11.3. The van der Waals surface area contributed by atoms with E-state index in [9.17, 15) is 9.59 Å². The topological polar surface area (TPSA) is 77.3 Å². The molecule has 2 aromatic rings. The molecule has 1 saturated carbocycles. The van der Waals surface area contributed by atoms with Gasteiger partial charge in [0.05, 0.1) is 5.92 Å². The number of amides is 1. The van der Waals surface area contributed by atoms with E-state index in [0.29, 0.717) is 43.4 Å². The van der Waals surface area contributed by atoms with Crippen LogP contribution >= 0.6 is 11.6 Å². The zero-order chi connectivity index (χ0) is 23.0. The third-order valence-electron chi connectivity index (χ3n) is 6.00. The average molecular weight is 459 g/mol. The van der Waals surface area contributed by atoms with Crippen molar-refractivity contribution in [2.24, 2.45) is 0 Å². The molecule has 0 radical (unpaired) electrons. The molecule has 1 aliphatic heterocycles. The minimum absolute atomic E-state index is 0.161. The summed E-state index contributed by atoms with van der Waals surface area (Å²) in [4.78, 5) is 26.6. The zero-order valence-corrected chi connectivity index (χ0v) is 20.0. The van der Waals surface area contributed by atoms with E-state index in [-0.39, 0.29) is 17.8 Å². The lowest BCUT2D eigenvalue weighted by Gasteiger charge is -2.39. The number of ketones is 1. The zero-order valence-electron chi connectivity index (χ0n) is 19.2. The van der Waals surface area contributed by atoms with Gasteiger partial charge in [0.1, 0.15) is 23.0 Å². The number of ether oxygens (including phenoxy) is 1. The normalized spacial score (nSPS) is 16.7. The molecule has 7 nitrogen and oxygen atoms in total. The summed E-state index contributed by atoms with van der Waals surface area (Å²) in [6.07, 6.45) is 3.31. The number of carbonyl (C=O) groups is 2. The van der Waals surface area contributed by atoms with Gasteiger partial charge in [-0.15, -0.1) is 10.2 Å². The van der Waals surface area contributed by atoms with Crippen LogP contribution in [-0.4, -0.2) is 50.2 Å². The molecule has 1 aromatic carbocycles. The number of rotatable bonds is 7. The number of carbonyl (C=O) groups excluding carboxylic acids is 2. The summed E-state index contributed by atoms with van der Waals surface area (Å²) < 4.78 is 7.67. The number of benzene rings is 1. The Morgan fingerprint density at radius 1 is 1.19 bits per heavy atom. The van der Waals surface area contributed by atoms with E-state index in [1.54, 1.807) is 4.90 Å². The molecule has 32 heavy (non-hydrogen) atoms. The fourth-order valence-electron chi connectivity index (χ4n) is 4.03. The van der Waals surface area contributed by atoms with Crippen LogP contribution in [0.5, 0.6) is 0 Å². The van der Waals surface area contributed by atoms with Gasteiger partial charge in [-0.1, -0.05) is 23.7 Å². The van der Waals surface area contributed by atoms with Gasteiger partial charge in [-0.25, -0.2) is 4.79 Å². The van der Waals surface area contributed by atoms with Crippen LogP contribution in [-0.2, 0) is 22.4 Å². The second-order valence-corrected chi connectivity index (χ2v) is 10.3. The van der Waals surface area contributed by atoms with E-state index in [1.807, 2.05) is 45.9 Å². The van der Waals surface area contributed by atoms with Crippen molar-refractivity contribution in [3.63, 3.8) is 0 Å². The van der Waals surface area contributed by atoms with Gasteiger partial charge in [-0.2, -0.15) is 0 Å². The SMILES string of the molecule is Cc1c(Cl)cccc1CC(=O)CCc1nnc(C2CN(C(=O)OC(C)(C)C)C2)n1C1CC1. The molecule has 0 atom stereocenters. The van der Waals surface area contributed by atoms with Gasteiger partial charge < -0.3 is 14.2 Å². The van der Waals surface area contributed by atoms with E-state index in [1.165, 1.54) is 0 Å². The van der Waals surface area contributed by atoms with E-state index < -0.39 is 5.60 Å². The lowest BCUT2D eigenvalue weighted by molar-refractivity contribution is -0.118. The van der Waals surface area contributed by atoms with Crippen molar-refractivity contribution in [1.29, 1.82) is 0 Å². The van der Waals surface area contributed by atoms with Crippen LogP contribution in [0.15, 0.2) is 18.2 Å². The van der Waals surface area contributed by atoms with Gasteiger partial charge in [-0.3, -0.25) is 4.79 Å². The molecule has 0 spiro atoms. The summed E-state index contributed by atoms with van der Waals surface area (Å²) in [5, 5.41) is 9.58. The first-order valence-corrected chi connectivity index (χ1v) is 11.7. The van der Waals surface area contributed by atoms with E-state index in [4.69, 9.17) is 16.3 Å². The highest BCUT2D eigenvalue weighted by atomic mass is 35.5. The Kier molecular flexibility index (Phi) is 6.30. The Morgan fingerprint density at radius 3 is 2.56 bits per heavy atom. The molecule has 0 unspecified atom stereocenters. The van der Waals surface area contributed by atoms with Crippen LogP contribution in [0.1, 0.15) is 74.8 Å². The summed E-state index contributed by atoms with van der Waals surface area (Å²) in [5.41, 5.74) is 1.44. The molecular formula is C24H31ClN4O3. The van der Waals surface area contributed by atoms with Crippen LogP contribution < -0.4 is 0 Å². The Labute approximate surface area is 194 Å². The van der Waals surface area contributed by atoms with Crippen molar-refractivity contribution < 1.29 is 14.3 Å². The third-order valence-corrected chi connectivity index (χ3v) is 6.41. The van der Waals surface area contributed by atoms with Crippen LogP contribution in [0.25, 0.3) is 0 Å². The summed E-state index contributed by atoms with van der Waals surface area (Å²) in [6.45, 7) is 8.73. The number of nitrogens with zero attached hydrogens (tertiary/aromatic N) is 4. The van der Waals surface area contributed by atoms with Gasteiger partial charge in [0.15, 0.2) is 0 Å². The third kappa shape index (κ3) is 5.14. The van der Waals surface area contributed by atoms with Gasteiger partial charge >= 0.3 is 6.09 Å². The Morgan fingerprint density at radius 2 is 1.91 bits per heavy atom. The van der Waals surface area contributed by atoms with Crippen molar-refractivity contribution in [2.75, 3.05) is 13.1 Å². The number of halogens is 1. The molecule has 0 N–H and O–H groups in total. The minimum atomic E-state index is -0.500. The molecular weight excluding hydrogens is 428 g/mol. The van der Waals surface area contributed by atoms with Crippen LogP contribution in [0, 0.1) is 6.92 Å². The fraction of sp³-hybridized carbons (Fsp3) is 0.583. The first-order chi connectivity index (χ1) is 15.1. The predicted molar refractivity (Wildman–Crippen MR) is 122 cm³/mol. The summed E-state index contributed by atoms with van der Waals surface area (Å²) in [7, 11) is 0. The molecule has 2 heterocycles. The summed E-state index contributed by atoms with van der Waals surface area (Å²) in [6, 6.07) is 6.09. The van der Waals surface area contributed by atoms with E-state index in [2.05, 4.69) is 14.8 Å². The molecule has 1 amide bonds. The quantitative estimate of drug-likeness (QED) is 0.603. The predicted octanol–water partition coefficient (Wildman–Crippen LogP) is 4.65. The molecule has 1 aromatic heterocycles. The highest BCUT2D eigenvalue weighted by Gasteiger charge is 2.40. The van der Waals surface area contributed by atoms with Crippen LogP contribution in [0.4, 0.5) is 4.79 Å². The van der Waals surface area contributed by atoms with Gasteiger partial charge in [0.25, 0.3) is 0 Å². The van der Waals surface area contributed by atoms with Crippen LogP contribution in [0.3, 0.4) is 0 Å². The second-order valence-electron chi connectivity index (χ2n) is 9.90. The number of likely N-dealkylation sites (tertiary alicyclic amines) is 1. The fourth-order valence-corrected chi connectivity index (χ4v) is 4.22. The van der Waals surface area contributed by atoms with Gasteiger partial charge in [0, 0.05) is 43.4 Å². The summed E-state index contributed by atoms with van der Waals surface area (Å²) in [5.74, 6) is 2.13. The maximum Gasteiger partial charge on any atom is 0.410 e. The molecule has 1 aliphatic carbocycles. The van der Waals surface area contributed by atoms with E-state index >= 15 is 0 Å². The molecule has 4 rings (SSSR count). The largest absolute Gasteiger partial charge is 0.444 e. The number of aryl methyl sites for hydroxylation is 1.